The predicted octanol–water partition coefficient (Wildman–Crippen LogP) is 4.06. The number of rotatable bonds is 2. The third-order valence-electron chi connectivity index (χ3n) is 5.12. The third-order valence-corrected chi connectivity index (χ3v) is 5.12. The lowest BCUT2D eigenvalue weighted by Crippen LogP contribution is -2.52. The molecule has 2 aliphatic rings. The number of hydrogen-bond donors (Lipinski definition) is 0. The maximum Gasteiger partial charge on any atom is 0.417 e. The number of imide groups is 1. The van der Waals surface area contributed by atoms with Crippen LogP contribution in [0.15, 0.2) is 0 Å². The number of esters is 2. The first-order chi connectivity index (χ1) is 16.1. The largest absolute Gasteiger partial charge is 0.467 e. The van der Waals surface area contributed by atoms with Crippen LogP contribution in [0.3, 0.4) is 0 Å². The molecule has 0 unspecified atom stereocenters. The van der Waals surface area contributed by atoms with Crippen LogP contribution in [-0.4, -0.2) is 83.9 Å². The zero-order valence-corrected chi connectivity index (χ0v) is 22.2. The quantitative estimate of drug-likeness (QED) is 0.394. The number of piperidine rings is 2. The molecular formula is C25H44N2O9. The van der Waals surface area contributed by atoms with Crippen molar-refractivity contribution in [1.29, 1.82) is 0 Å². The molecule has 2 fully saturated rings. The Morgan fingerprint density at radius 2 is 1.22 bits per heavy atom. The van der Waals surface area contributed by atoms with Gasteiger partial charge in [-0.2, -0.15) is 0 Å². The topological polar surface area (TPSA) is 129 Å². The highest BCUT2D eigenvalue weighted by molar-refractivity contribution is 5.97. The second-order valence-electron chi connectivity index (χ2n) is 10.4. The highest BCUT2D eigenvalue weighted by Crippen LogP contribution is 2.23. The van der Waals surface area contributed by atoms with Crippen LogP contribution in [0.2, 0.25) is 0 Å². The van der Waals surface area contributed by atoms with Crippen LogP contribution in [-0.2, 0) is 33.3 Å². The molecule has 2 atom stereocenters. The average Bonchev–Trinajstić information content (AvgIpc) is 2.75. The van der Waals surface area contributed by atoms with Crippen molar-refractivity contribution in [2.24, 2.45) is 0 Å². The van der Waals surface area contributed by atoms with E-state index in [1.165, 1.54) is 19.1 Å². The zero-order valence-electron chi connectivity index (χ0n) is 22.2. The minimum atomic E-state index is -0.869. The molecule has 0 bridgehead atoms. The minimum Gasteiger partial charge on any atom is -0.467 e. The lowest BCUT2D eigenvalue weighted by atomic mass is 10.0. The van der Waals surface area contributed by atoms with Gasteiger partial charge >= 0.3 is 24.1 Å². The molecule has 3 amide bonds. The van der Waals surface area contributed by atoms with Gasteiger partial charge in [0.15, 0.2) is 0 Å². The van der Waals surface area contributed by atoms with Gasteiger partial charge in [-0.1, -0.05) is 7.43 Å². The fraction of sp³-hybridized carbons (Fsp3) is 0.800. The highest BCUT2D eigenvalue weighted by Gasteiger charge is 2.40. The molecule has 11 nitrogen and oxygen atoms in total. The molecule has 0 aromatic rings. The zero-order chi connectivity index (χ0) is 27.0. The number of ether oxygens (including phenoxy) is 4. The predicted molar refractivity (Wildman–Crippen MR) is 132 cm³/mol. The molecule has 0 N–H and O–H groups in total. The third kappa shape index (κ3) is 10.4. The van der Waals surface area contributed by atoms with E-state index in [-0.39, 0.29) is 19.8 Å². The molecule has 2 heterocycles. The van der Waals surface area contributed by atoms with Gasteiger partial charge in [-0.05, 0) is 73.6 Å². The molecule has 0 aromatic heterocycles. The van der Waals surface area contributed by atoms with Crippen molar-refractivity contribution < 1.29 is 42.9 Å². The van der Waals surface area contributed by atoms with Gasteiger partial charge in [0, 0.05) is 13.0 Å². The van der Waals surface area contributed by atoms with E-state index in [2.05, 4.69) is 4.74 Å². The van der Waals surface area contributed by atoms with Crippen LogP contribution < -0.4 is 0 Å². The normalized spacial score (nSPS) is 20.2. The molecule has 0 aliphatic carbocycles. The first kappa shape index (κ1) is 33.1. The lowest BCUT2D eigenvalue weighted by molar-refractivity contribution is -0.154. The van der Waals surface area contributed by atoms with E-state index >= 15 is 0 Å². The standard InChI is InChI=1S/C12H19NO5.C12H21NO4.CH4/c1-12(2,3)18-11(16)13-8(10(15)17-4)6-5-7-9(13)14;1-12(2,3)17-11(15)13-8-6-5-7-9(13)10(14)16-4;/h8H,5-7H2,1-4H3;9H,5-8H2,1-4H3;1H4/t8-;9-;/m11./s1. The van der Waals surface area contributed by atoms with E-state index in [1.54, 1.807) is 20.8 Å². The molecule has 0 spiro atoms. The van der Waals surface area contributed by atoms with Crippen molar-refractivity contribution in [3.05, 3.63) is 0 Å². The van der Waals surface area contributed by atoms with Gasteiger partial charge in [-0.25, -0.2) is 24.1 Å². The average molecular weight is 517 g/mol. The summed E-state index contributed by atoms with van der Waals surface area (Å²) in [6.07, 6.45) is 2.47. The Hall–Kier alpha value is -2.85. The van der Waals surface area contributed by atoms with E-state index in [9.17, 15) is 24.0 Å². The van der Waals surface area contributed by atoms with Crippen LogP contribution in [0, 0.1) is 0 Å². The summed E-state index contributed by atoms with van der Waals surface area (Å²) in [4.78, 5) is 61.1. The van der Waals surface area contributed by atoms with Crippen LogP contribution >= 0.6 is 0 Å². The van der Waals surface area contributed by atoms with Gasteiger partial charge in [0.1, 0.15) is 23.3 Å². The van der Waals surface area contributed by atoms with Crippen molar-refractivity contribution in [3.63, 3.8) is 0 Å². The number of hydrogen-bond acceptors (Lipinski definition) is 9. The Morgan fingerprint density at radius 1 is 0.750 bits per heavy atom. The van der Waals surface area contributed by atoms with Crippen LogP contribution in [0.25, 0.3) is 0 Å². The minimum absolute atomic E-state index is 0. The smallest absolute Gasteiger partial charge is 0.417 e. The molecule has 0 radical (unpaired) electrons. The summed E-state index contributed by atoms with van der Waals surface area (Å²) in [5.74, 6) is -1.35. The van der Waals surface area contributed by atoms with Gasteiger partial charge in [-0.15, -0.1) is 0 Å². The summed E-state index contributed by atoms with van der Waals surface area (Å²) in [5, 5.41) is 0. The molecular weight excluding hydrogens is 472 g/mol. The maximum atomic E-state index is 11.9. The fourth-order valence-corrected chi connectivity index (χ4v) is 3.62. The van der Waals surface area contributed by atoms with Gasteiger partial charge in [0.25, 0.3) is 0 Å². The molecule has 11 heteroatoms. The summed E-state index contributed by atoms with van der Waals surface area (Å²) >= 11 is 0. The Balaban J connectivity index is 0.000000663. The van der Waals surface area contributed by atoms with Crippen LogP contribution in [0.1, 0.15) is 87.5 Å². The van der Waals surface area contributed by atoms with Gasteiger partial charge in [0.05, 0.1) is 14.2 Å². The molecule has 2 rings (SSSR count). The number of carbonyl (C=O) groups is 5. The number of nitrogens with zero attached hydrogens (tertiary/aromatic N) is 2. The summed E-state index contributed by atoms with van der Waals surface area (Å²) in [6, 6.07) is -1.37. The Bertz CT molecular complexity index is 783. The summed E-state index contributed by atoms with van der Waals surface area (Å²) in [5.41, 5.74) is -1.26. The van der Waals surface area contributed by atoms with Crippen LogP contribution in [0.4, 0.5) is 9.59 Å². The summed E-state index contributed by atoms with van der Waals surface area (Å²) in [7, 11) is 2.57. The van der Waals surface area contributed by atoms with Gasteiger partial charge in [-0.3, -0.25) is 9.69 Å². The molecule has 0 saturated carbocycles. The Labute approximate surface area is 214 Å². The van der Waals surface area contributed by atoms with E-state index < -0.39 is 47.3 Å². The van der Waals surface area contributed by atoms with Crippen molar-refractivity contribution in [3.8, 4) is 0 Å². The van der Waals surface area contributed by atoms with E-state index in [1.807, 2.05) is 20.8 Å². The van der Waals surface area contributed by atoms with E-state index in [4.69, 9.17) is 14.2 Å². The molecule has 2 aliphatic heterocycles. The lowest BCUT2D eigenvalue weighted by Gasteiger charge is -2.34. The number of methoxy groups -OCH3 is 2. The highest BCUT2D eigenvalue weighted by atomic mass is 16.6. The van der Waals surface area contributed by atoms with Crippen molar-refractivity contribution >= 4 is 30.0 Å². The van der Waals surface area contributed by atoms with Crippen molar-refractivity contribution in [2.45, 2.75) is 111 Å². The number of carbonyl (C=O) groups excluding carboxylic acids is 5. The molecule has 2 saturated heterocycles. The first-order valence-corrected chi connectivity index (χ1v) is 11.8. The van der Waals surface area contributed by atoms with Gasteiger partial charge in [0.2, 0.25) is 5.91 Å². The SMILES string of the molecule is C.COC(=O)[C@H]1CCCC(=O)N1C(=O)OC(C)(C)C.COC(=O)[C@H]1CCCCN1C(=O)OC(C)(C)C. The molecule has 0 aromatic carbocycles. The first-order valence-electron chi connectivity index (χ1n) is 11.8. The van der Waals surface area contributed by atoms with Gasteiger partial charge < -0.3 is 18.9 Å². The second kappa shape index (κ2) is 14.0. The number of likely N-dealkylation sites (tertiary alicyclic amines) is 2. The van der Waals surface area contributed by atoms with E-state index in [0.717, 1.165) is 17.7 Å². The fourth-order valence-electron chi connectivity index (χ4n) is 3.62. The van der Waals surface area contributed by atoms with Crippen LogP contribution in [0.5, 0.6) is 0 Å². The molecule has 36 heavy (non-hydrogen) atoms. The second-order valence-corrected chi connectivity index (χ2v) is 10.4. The Morgan fingerprint density at radius 3 is 1.72 bits per heavy atom. The summed E-state index contributed by atoms with van der Waals surface area (Å²) in [6.45, 7) is 11.1. The Kier molecular flexibility index (Phi) is 12.9. The molecule has 208 valence electrons. The number of amides is 3. The van der Waals surface area contributed by atoms with Crippen molar-refractivity contribution in [1.82, 2.24) is 9.80 Å². The van der Waals surface area contributed by atoms with E-state index in [0.29, 0.717) is 25.8 Å². The summed E-state index contributed by atoms with van der Waals surface area (Å²) < 4.78 is 19.7. The monoisotopic (exact) mass is 516 g/mol. The maximum absolute atomic E-state index is 11.9. The van der Waals surface area contributed by atoms with Crippen molar-refractivity contribution in [2.75, 3.05) is 20.8 Å².